The second kappa shape index (κ2) is 3.25. The summed E-state index contributed by atoms with van der Waals surface area (Å²) in [4.78, 5) is 7.74. The molecule has 0 aromatic carbocycles. The van der Waals surface area contributed by atoms with E-state index in [9.17, 15) is 0 Å². The molecule has 0 aliphatic heterocycles. The quantitative estimate of drug-likeness (QED) is 0.530. The van der Waals surface area contributed by atoms with E-state index in [2.05, 4.69) is 22.2 Å². The van der Waals surface area contributed by atoms with Crippen LogP contribution in [0, 0.1) is 0 Å². The molecular weight excluding hydrogens is 204 g/mol. The molecule has 0 spiro atoms. The minimum Gasteiger partial charge on any atom is -0.363 e. The lowest BCUT2D eigenvalue weighted by Crippen LogP contribution is -2.18. The topological polar surface area (TPSA) is 70.1 Å². The van der Waals surface area contributed by atoms with Crippen LogP contribution >= 0.6 is 11.6 Å². The third kappa shape index (κ3) is 1.88. The summed E-state index contributed by atoms with van der Waals surface area (Å²) in [6.45, 7) is 2.09. The minimum absolute atomic E-state index is 0.0866. The Balaban J connectivity index is 2.25. The van der Waals surface area contributed by atoms with Gasteiger partial charge in [-0.15, -0.1) is 0 Å². The molecule has 0 amide bonds. The number of rotatable bonds is 3. The molecule has 1 saturated carbocycles. The predicted octanol–water partition coefficient (Wildman–Crippen LogP) is 1.90. The van der Waals surface area contributed by atoms with Crippen LogP contribution in [0.1, 0.15) is 19.8 Å². The number of anilines is 2. The van der Waals surface area contributed by atoms with Crippen molar-refractivity contribution in [1.29, 1.82) is 0 Å². The predicted molar refractivity (Wildman–Crippen MR) is 53.7 cm³/mol. The molecule has 14 heavy (non-hydrogen) atoms. The van der Waals surface area contributed by atoms with Gasteiger partial charge in [0, 0.05) is 5.54 Å². The molecule has 0 unspecified atom stereocenters. The van der Waals surface area contributed by atoms with Gasteiger partial charge in [0.15, 0.2) is 5.82 Å². The van der Waals surface area contributed by atoms with Crippen LogP contribution in [0.2, 0.25) is 5.28 Å². The Morgan fingerprint density at radius 1 is 1.57 bits per heavy atom. The second-order valence-corrected chi connectivity index (χ2v) is 4.04. The van der Waals surface area contributed by atoms with Crippen LogP contribution in [0.3, 0.4) is 0 Å². The van der Waals surface area contributed by atoms with Gasteiger partial charge >= 0.3 is 0 Å². The van der Waals surface area contributed by atoms with E-state index in [4.69, 9.17) is 16.8 Å². The standard InChI is InChI=1S/C8H11ClN4O/c1-8(2-3-8)12-6-5(13-14)4-10-7(9)11-6/h4,13-14H,2-3H2,1H3,(H,10,11,12). The van der Waals surface area contributed by atoms with Crippen LogP contribution in [0.15, 0.2) is 6.20 Å². The van der Waals surface area contributed by atoms with Crippen molar-refractivity contribution in [2.45, 2.75) is 25.3 Å². The first kappa shape index (κ1) is 9.48. The number of aromatic nitrogens is 2. The van der Waals surface area contributed by atoms with Crippen molar-refractivity contribution in [3.8, 4) is 0 Å². The van der Waals surface area contributed by atoms with E-state index in [1.165, 1.54) is 6.20 Å². The highest BCUT2D eigenvalue weighted by atomic mass is 35.5. The van der Waals surface area contributed by atoms with E-state index in [1.54, 1.807) is 0 Å². The van der Waals surface area contributed by atoms with Gasteiger partial charge in [0.1, 0.15) is 5.69 Å². The Morgan fingerprint density at radius 3 is 2.86 bits per heavy atom. The zero-order valence-corrected chi connectivity index (χ0v) is 8.47. The molecule has 2 rings (SSSR count). The molecule has 1 aromatic heterocycles. The second-order valence-electron chi connectivity index (χ2n) is 3.70. The zero-order valence-electron chi connectivity index (χ0n) is 7.71. The average Bonchev–Trinajstić information content (AvgIpc) is 2.84. The monoisotopic (exact) mass is 214 g/mol. The molecule has 6 heteroatoms. The number of hydrogen-bond donors (Lipinski definition) is 3. The van der Waals surface area contributed by atoms with Crippen molar-refractivity contribution in [2.24, 2.45) is 0 Å². The highest BCUT2D eigenvalue weighted by Crippen LogP contribution is 2.39. The molecular formula is C8H11ClN4O. The van der Waals surface area contributed by atoms with Crippen molar-refractivity contribution < 1.29 is 5.21 Å². The highest BCUT2D eigenvalue weighted by Gasteiger charge is 2.38. The Morgan fingerprint density at radius 2 is 2.29 bits per heavy atom. The average molecular weight is 215 g/mol. The fraction of sp³-hybridized carbons (Fsp3) is 0.500. The largest absolute Gasteiger partial charge is 0.363 e. The molecule has 0 atom stereocenters. The first-order valence-corrected chi connectivity index (χ1v) is 4.72. The number of hydrogen-bond acceptors (Lipinski definition) is 5. The van der Waals surface area contributed by atoms with E-state index < -0.39 is 0 Å². The van der Waals surface area contributed by atoms with Crippen LogP contribution in [0.4, 0.5) is 11.5 Å². The summed E-state index contributed by atoms with van der Waals surface area (Å²) in [6, 6.07) is 0. The zero-order chi connectivity index (χ0) is 10.2. The number of nitrogens with one attached hydrogen (secondary N) is 2. The molecule has 76 valence electrons. The van der Waals surface area contributed by atoms with Gasteiger partial charge in [-0.3, -0.25) is 10.7 Å². The normalized spacial score (nSPS) is 17.6. The van der Waals surface area contributed by atoms with Gasteiger partial charge < -0.3 is 5.32 Å². The Labute approximate surface area is 86.5 Å². The summed E-state index contributed by atoms with van der Waals surface area (Å²) in [6.07, 6.45) is 3.63. The Kier molecular flexibility index (Phi) is 2.20. The Hall–Kier alpha value is -1.07. The molecule has 3 N–H and O–H groups in total. The van der Waals surface area contributed by atoms with Gasteiger partial charge in [0.05, 0.1) is 6.20 Å². The first-order valence-electron chi connectivity index (χ1n) is 4.34. The van der Waals surface area contributed by atoms with Gasteiger partial charge in [-0.2, -0.15) is 4.98 Å². The van der Waals surface area contributed by atoms with Crippen LogP contribution in [0.5, 0.6) is 0 Å². The van der Waals surface area contributed by atoms with Gasteiger partial charge in [0.2, 0.25) is 5.28 Å². The van der Waals surface area contributed by atoms with Gasteiger partial charge in [0.25, 0.3) is 0 Å². The lowest BCUT2D eigenvalue weighted by Gasteiger charge is -2.14. The van der Waals surface area contributed by atoms with Crippen molar-refractivity contribution >= 4 is 23.1 Å². The first-order chi connectivity index (χ1) is 6.63. The van der Waals surface area contributed by atoms with Crippen LogP contribution in [-0.4, -0.2) is 20.7 Å². The van der Waals surface area contributed by atoms with Crippen molar-refractivity contribution in [2.75, 3.05) is 10.8 Å². The molecule has 1 aromatic rings. The third-order valence-corrected chi connectivity index (χ3v) is 2.48. The van der Waals surface area contributed by atoms with E-state index in [0.717, 1.165) is 12.8 Å². The summed E-state index contributed by atoms with van der Waals surface area (Å²) in [5.74, 6) is 0.535. The summed E-state index contributed by atoms with van der Waals surface area (Å²) in [5.41, 5.74) is 2.55. The minimum atomic E-state index is 0.0866. The van der Waals surface area contributed by atoms with Crippen molar-refractivity contribution in [1.82, 2.24) is 9.97 Å². The van der Waals surface area contributed by atoms with E-state index in [-0.39, 0.29) is 10.8 Å². The van der Waals surface area contributed by atoms with E-state index in [1.807, 2.05) is 5.48 Å². The lowest BCUT2D eigenvalue weighted by molar-refractivity contribution is 0.388. The van der Waals surface area contributed by atoms with Crippen LogP contribution < -0.4 is 10.8 Å². The van der Waals surface area contributed by atoms with Crippen molar-refractivity contribution in [3.05, 3.63) is 11.5 Å². The fourth-order valence-electron chi connectivity index (χ4n) is 1.14. The molecule has 1 aliphatic carbocycles. The maximum atomic E-state index is 8.81. The van der Waals surface area contributed by atoms with Gasteiger partial charge in [-0.05, 0) is 31.4 Å². The molecule has 0 saturated heterocycles. The van der Waals surface area contributed by atoms with Crippen molar-refractivity contribution in [3.63, 3.8) is 0 Å². The summed E-state index contributed by atoms with van der Waals surface area (Å²) in [7, 11) is 0. The van der Waals surface area contributed by atoms with Crippen LogP contribution in [0.25, 0.3) is 0 Å². The third-order valence-electron chi connectivity index (χ3n) is 2.30. The van der Waals surface area contributed by atoms with Gasteiger partial charge in [-0.25, -0.2) is 4.98 Å². The van der Waals surface area contributed by atoms with E-state index >= 15 is 0 Å². The molecule has 0 radical (unpaired) electrons. The summed E-state index contributed by atoms with van der Waals surface area (Å²) >= 11 is 5.65. The smallest absolute Gasteiger partial charge is 0.224 e. The van der Waals surface area contributed by atoms with Crippen LogP contribution in [-0.2, 0) is 0 Å². The molecule has 1 fully saturated rings. The summed E-state index contributed by atoms with van der Waals surface area (Å²) < 4.78 is 0. The molecule has 5 nitrogen and oxygen atoms in total. The number of nitrogens with zero attached hydrogens (tertiary/aromatic N) is 2. The molecule has 0 bridgehead atoms. The maximum absolute atomic E-state index is 8.81. The molecule has 1 heterocycles. The van der Waals surface area contributed by atoms with Gasteiger partial charge in [-0.1, -0.05) is 0 Å². The SMILES string of the molecule is CC1(Nc2nc(Cl)ncc2NO)CC1. The van der Waals surface area contributed by atoms with E-state index in [0.29, 0.717) is 11.5 Å². The lowest BCUT2D eigenvalue weighted by atomic mass is 10.3. The summed E-state index contributed by atoms with van der Waals surface area (Å²) in [5, 5.41) is 12.2. The highest BCUT2D eigenvalue weighted by molar-refractivity contribution is 6.28. The Bertz CT molecular complexity index is 353. The molecule has 1 aliphatic rings. The fourth-order valence-corrected chi connectivity index (χ4v) is 1.27. The maximum Gasteiger partial charge on any atom is 0.224 e. The number of halogens is 1.